The van der Waals surface area contributed by atoms with Crippen molar-refractivity contribution in [3.05, 3.63) is 180 Å². The molecular weight excluding hydrogens is 797 g/mol. The normalized spacial score (nSPS) is 32.3. The van der Waals surface area contributed by atoms with Gasteiger partial charge in [0.15, 0.2) is 0 Å². The Morgan fingerprint density at radius 1 is 0.424 bits per heavy atom. The zero-order valence-electron chi connectivity index (χ0n) is 38.2. The lowest BCUT2D eigenvalue weighted by molar-refractivity contribution is -0.0399. The van der Waals surface area contributed by atoms with Crippen LogP contribution in [-0.2, 0) is 10.8 Å². The average Bonchev–Trinajstić information content (AvgIpc) is 3.88. The molecule has 0 saturated heterocycles. The summed E-state index contributed by atoms with van der Waals surface area (Å²) in [6.45, 7) is 2.65. The highest BCUT2D eigenvalue weighted by molar-refractivity contribution is 6.09. The lowest BCUT2D eigenvalue weighted by Gasteiger charge is -2.61. The molecule has 0 radical (unpaired) electrons. The van der Waals surface area contributed by atoms with Crippen LogP contribution < -0.4 is 4.90 Å². The van der Waals surface area contributed by atoms with E-state index in [9.17, 15) is 0 Å². The molecule has 18 rings (SSSR count). The topological polar surface area (TPSA) is 8.17 Å². The van der Waals surface area contributed by atoms with Crippen LogP contribution in [0.2, 0.25) is 0 Å². The van der Waals surface area contributed by atoms with Gasteiger partial charge in [0.2, 0.25) is 0 Å². The van der Waals surface area contributed by atoms with Gasteiger partial charge in [0, 0.05) is 44.4 Å². The standard InChI is InChI=1S/C64H58N2/c1-38-42-18-19-43-30-41(29-42)35-58(38)64(43)57-15-7-3-11-51(57)53-27-25-49(37-60(53)64)65(46-20-22-47(23-21-46)66-61-16-8-4-12-54(61)55-13-5-9-17-62(55)66)48-24-26-52-50-10-2-6-14-56(50)63(59(52)36-48)44-31-39-28-40(33-44)34-45(63)32-39/h2-17,20-27,36-45,58H,18-19,28-35H2,1H3/t38-,39?,40?,41?,42?,43?,44?,45?,58?,63?,64?/m0/s1. The van der Waals surface area contributed by atoms with Gasteiger partial charge >= 0.3 is 0 Å². The van der Waals surface area contributed by atoms with Crippen LogP contribution in [-0.4, -0.2) is 4.57 Å². The van der Waals surface area contributed by atoms with Crippen LogP contribution in [0.4, 0.5) is 17.1 Å². The van der Waals surface area contributed by atoms with Gasteiger partial charge < -0.3 is 9.47 Å². The Hall–Kier alpha value is -5.86. The second-order valence-electron chi connectivity index (χ2n) is 22.9. The van der Waals surface area contributed by atoms with Crippen molar-refractivity contribution in [3.8, 4) is 27.9 Å². The molecule has 7 aromatic carbocycles. The molecule has 5 unspecified atom stereocenters. The van der Waals surface area contributed by atoms with Crippen LogP contribution in [0.25, 0.3) is 49.7 Å². The number of para-hydroxylation sites is 2. The molecule has 0 aliphatic heterocycles. The fourth-order valence-corrected chi connectivity index (χ4v) is 18.5. The van der Waals surface area contributed by atoms with E-state index in [1.54, 1.807) is 22.3 Å². The third-order valence-electron chi connectivity index (χ3n) is 20.4. The molecule has 6 atom stereocenters. The van der Waals surface area contributed by atoms with E-state index in [0.29, 0.717) is 11.8 Å². The van der Waals surface area contributed by atoms with E-state index in [1.807, 2.05) is 0 Å². The predicted molar refractivity (Wildman–Crippen MR) is 271 cm³/mol. The Labute approximate surface area is 389 Å². The summed E-state index contributed by atoms with van der Waals surface area (Å²) in [4.78, 5) is 2.67. The summed E-state index contributed by atoms with van der Waals surface area (Å²) in [6.07, 6.45) is 14.1. The highest BCUT2D eigenvalue weighted by Crippen LogP contribution is 2.71. The van der Waals surface area contributed by atoms with E-state index in [4.69, 9.17) is 0 Å². The van der Waals surface area contributed by atoms with Crippen molar-refractivity contribution in [2.45, 2.75) is 82.0 Å². The molecule has 66 heavy (non-hydrogen) atoms. The van der Waals surface area contributed by atoms with Gasteiger partial charge in [-0.25, -0.2) is 0 Å². The van der Waals surface area contributed by atoms with Crippen LogP contribution >= 0.6 is 0 Å². The number of anilines is 3. The van der Waals surface area contributed by atoms with Crippen LogP contribution in [0.3, 0.4) is 0 Å². The fraction of sp³-hybridized carbons (Fsp3) is 0.344. The van der Waals surface area contributed by atoms with Crippen LogP contribution in [0, 0.1) is 53.3 Å². The molecule has 2 spiro atoms. The second kappa shape index (κ2) is 13.2. The largest absolute Gasteiger partial charge is 0.310 e. The van der Waals surface area contributed by atoms with E-state index in [2.05, 4.69) is 174 Å². The summed E-state index contributed by atoms with van der Waals surface area (Å²) >= 11 is 0. The minimum Gasteiger partial charge on any atom is -0.310 e. The summed E-state index contributed by atoms with van der Waals surface area (Å²) in [5.41, 5.74) is 20.3. The van der Waals surface area contributed by atoms with E-state index < -0.39 is 0 Å². The molecule has 8 aromatic rings. The highest BCUT2D eigenvalue weighted by atomic mass is 15.1. The molecule has 8 bridgehead atoms. The molecule has 10 aliphatic rings. The molecule has 1 aromatic heterocycles. The second-order valence-corrected chi connectivity index (χ2v) is 22.9. The molecule has 10 aliphatic carbocycles. The molecule has 8 saturated carbocycles. The van der Waals surface area contributed by atoms with Gasteiger partial charge in [0.05, 0.1) is 11.0 Å². The number of rotatable bonds is 4. The number of nitrogens with zero attached hydrogens (tertiary/aromatic N) is 2. The fourth-order valence-electron chi connectivity index (χ4n) is 18.5. The minimum absolute atomic E-state index is 0.0725. The van der Waals surface area contributed by atoms with Gasteiger partial charge in [-0.05, 0) is 223 Å². The number of benzene rings is 7. The zero-order chi connectivity index (χ0) is 43.0. The molecule has 2 heteroatoms. The van der Waals surface area contributed by atoms with Gasteiger partial charge in [0.25, 0.3) is 0 Å². The van der Waals surface area contributed by atoms with Crippen molar-refractivity contribution in [2.24, 2.45) is 53.3 Å². The molecule has 324 valence electrons. The first-order chi connectivity index (χ1) is 32.6. The van der Waals surface area contributed by atoms with Crippen molar-refractivity contribution in [1.29, 1.82) is 0 Å². The number of hydrogen-bond acceptors (Lipinski definition) is 1. The number of fused-ring (bicyclic) bond motifs is 10. The first kappa shape index (κ1) is 37.3. The Balaban J connectivity index is 0.913. The van der Waals surface area contributed by atoms with Gasteiger partial charge in [0.1, 0.15) is 0 Å². The molecule has 0 amide bonds. The summed E-state index contributed by atoms with van der Waals surface area (Å²) in [5.74, 6) is 7.19. The number of hydrogen-bond donors (Lipinski definition) is 0. The van der Waals surface area contributed by atoms with Gasteiger partial charge in [-0.1, -0.05) is 104 Å². The van der Waals surface area contributed by atoms with E-state index in [0.717, 1.165) is 41.4 Å². The zero-order valence-corrected chi connectivity index (χ0v) is 38.2. The van der Waals surface area contributed by atoms with E-state index >= 15 is 0 Å². The molecular formula is C64H58N2. The first-order valence-electron chi connectivity index (χ1n) is 25.9. The van der Waals surface area contributed by atoms with Gasteiger partial charge in [-0.15, -0.1) is 0 Å². The average molecular weight is 855 g/mol. The monoisotopic (exact) mass is 854 g/mol. The number of aromatic nitrogens is 1. The van der Waals surface area contributed by atoms with Crippen molar-refractivity contribution < 1.29 is 0 Å². The lowest BCUT2D eigenvalue weighted by atomic mass is 9.43. The molecule has 8 fully saturated rings. The lowest BCUT2D eigenvalue weighted by Crippen LogP contribution is -2.55. The van der Waals surface area contributed by atoms with Gasteiger partial charge in [-0.2, -0.15) is 0 Å². The van der Waals surface area contributed by atoms with E-state index in [-0.39, 0.29) is 10.8 Å². The Bertz CT molecular complexity index is 3250. The summed E-state index contributed by atoms with van der Waals surface area (Å²) in [7, 11) is 0. The third-order valence-corrected chi connectivity index (χ3v) is 20.4. The van der Waals surface area contributed by atoms with Crippen LogP contribution in [0.1, 0.15) is 93.4 Å². The Kier molecular flexibility index (Phi) is 7.44. The predicted octanol–water partition coefficient (Wildman–Crippen LogP) is 16.3. The SMILES string of the molecule is C[C@H]1C2CCC3CC(C2)CC1C31c2ccccc2-c2ccc(N(c3ccc(-n4c5ccccc5c5ccccc54)cc3)c3ccc4c(c3)C3(c5ccccc5-4)C4CC5CC(C4)CC3C5)cc21. The van der Waals surface area contributed by atoms with Crippen molar-refractivity contribution in [3.63, 3.8) is 0 Å². The Morgan fingerprint density at radius 3 is 1.56 bits per heavy atom. The molecule has 2 nitrogen and oxygen atoms in total. The maximum Gasteiger partial charge on any atom is 0.0541 e. The maximum atomic E-state index is 2.73. The highest BCUT2D eigenvalue weighted by Gasteiger charge is 2.63. The molecule has 0 N–H and O–H groups in total. The summed E-state index contributed by atoms with van der Waals surface area (Å²) in [6, 6.07) is 62.2. The minimum atomic E-state index is 0.0725. The summed E-state index contributed by atoms with van der Waals surface area (Å²) in [5, 5.41) is 2.61. The first-order valence-corrected chi connectivity index (χ1v) is 25.9. The van der Waals surface area contributed by atoms with E-state index in [1.165, 1.54) is 131 Å². The van der Waals surface area contributed by atoms with Crippen LogP contribution in [0.5, 0.6) is 0 Å². The summed E-state index contributed by atoms with van der Waals surface area (Å²) < 4.78 is 2.47. The van der Waals surface area contributed by atoms with Crippen molar-refractivity contribution in [1.82, 2.24) is 4.57 Å². The van der Waals surface area contributed by atoms with Crippen molar-refractivity contribution >= 4 is 38.9 Å². The van der Waals surface area contributed by atoms with Gasteiger partial charge in [-0.3, -0.25) is 0 Å². The van der Waals surface area contributed by atoms with Crippen molar-refractivity contribution in [2.75, 3.05) is 4.90 Å². The molecule has 1 heterocycles. The Morgan fingerprint density at radius 2 is 0.924 bits per heavy atom. The van der Waals surface area contributed by atoms with Crippen LogP contribution in [0.15, 0.2) is 158 Å². The third kappa shape index (κ3) is 4.60. The maximum absolute atomic E-state index is 2.73. The quantitative estimate of drug-likeness (QED) is 0.171. The smallest absolute Gasteiger partial charge is 0.0541 e.